The average molecular weight is 325 g/mol. The van der Waals surface area contributed by atoms with Crippen LogP contribution in [0.1, 0.15) is 11.1 Å². The van der Waals surface area contributed by atoms with E-state index in [9.17, 15) is 0 Å². The number of rotatable bonds is 3. The van der Waals surface area contributed by atoms with Crippen LogP contribution in [0.25, 0.3) is 0 Å². The summed E-state index contributed by atoms with van der Waals surface area (Å²) in [6.45, 7) is 4.32. The normalized spacial score (nSPS) is 10.9. The van der Waals surface area contributed by atoms with Crippen molar-refractivity contribution in [2.24, 2.45) is 0 Å². The monoisotopic (exact) mass is 324 g/mol. The fourth-order valence-electron chi connectivity index (χ4n) is 2.82. The van der Waals surface area contributed by atoms with Gasteiger partial charge in [0.2, 0.25) is 0 Å². The van der Waals surface area contributed by atoms with E-state index < -0.39 is 7.92 Å². The van der Waals surface area contributed by atoms with Crippen molar-refractivity contribution in [1.29, 1.82) is 0 Å². The second-order valence-electron chi connectivity index (χ2n) is 5.39. The van der Waals surface area contributed by atoms with E-state index in [2.05, 4.69) is 86.6 Å². The molecule has 0 aromatic heterocycles. The van der Waals surface area contributed by atoms with Crippen LogP contribution in [0.3, 0.4) is 0 Å². The van der Waals surface area contributed by atoms with Crippen LogP contribution < -0.4 is 15.9 Å². The molecule has 0 fully saturated rings. The van der Waals surface area contributed by atoms with Gasteiger partial charge in [0.05, 0.1) is 0 Å². The van der Waals surface area contributed by atoms with Crippen LogP contribution in [0.5, 0.6) is 0 Å². The van der Waals surface area contributed by atoms with Gasteiger partial charge in [-0.1, -0.05) is 72.3 Å². The van der Waals surface area contributed by atoms with Crippen LogP contribution in [0, 0.1) is 13.8 Å². The third-order valence-corrected chi connectivity index (χ3v) is 6.71. The quantitative estimate of drug-likeness (QED) is 0.612. The van der Waals surface area contributed by atoms with Gasteiger partial charge in [-0.2, -0.15) is 0 Å². The van der Waals surface area contributed by atoms with Crippen LogP contribution >= 0.6 is 19.5 Å². The Morgan fingerprint density at radius 3 is 1.50 bits per heavy atom. The topological polar surface area (TPSA) is 0 Å². The molecule has 0 radical (unpaired) electrons. The van der Waals surface area contributed by atoms with Crippen molar-refractivity contribution in [3.8, 4) is 0 Å². The first-order chi connectivity index (χ1) is 10.7. The molecule has 0 saturated heterocycles. The lowest BCUT2D eigenvalue weighted by Crippen LogP contribution is -2.24. The van der Waals surface area contributed by atoms with Crippen molar-refractivity contribution in [3.05, 3.63) is 88.9 Å². The minimum atomic E-state index is -0.559. The summed E-state index contributed by atoms with van der Waals surface area (Å²) in [5, 5.41) is 4.97. The molecule has 110 valence electrons. The molecular formula is C20H18ClP. The molecule has 0 atom stereocenters. The molecule has 2 heteroatoms. The van der Waals surface area contributed by atoms with Gasteiger partial charge in [0, 0.05) is 5.02 Å². The highest BCUT2D eigenvalue weighted by molar-refractivity contribution is 7.80. The maximum atomic E-state index is 6.23. The van der Waals surface area contributed by atoms with E-state index in [0.717, 1.165) is 5.02 Å². The van der Waals surface area contributed by atoms with E-state index in [1.54, 1.807) is 0 Å². The number of hydrogen-bond acceptors (Lipinski definition) is 0. The van der Waals surface area contributed by atoms with Crippen molar-refractivity contribution in [2.45, 2.75) is 13.8 Å². The number of benzene rings is 3. The maximum absolute atomic E-state index is 6.23. The molecule has 0 bridgehead atoms. The van der Waals surface area contributed by atoms with Gasteiger partial charge in [0.25, 0.3) is 0 Å². The highest BCUT2D eigenvalue weighted by atomic mass is 35.5. The predicted molar refractivity (Wildman–Crippen MR) is 99.6 cm³/mol. The van der Waals surface area contributed by atoms with Crippen LogP contribution in [-0.2, 0) is 0 Å². The minimum absolute atomic E-state index is 0.559. The smallest absolute Gasteiger partial charge is 0.0411 e. The van der Waals surface area contributed by atoms with Crippen molar-refractivity contribution < 1.29 is 0 Å². The second-order valence-corrected chi connectivity index (χ2v) is 7.98. The molecule has 3 rings (SSSR count). The van der Waals surface area contributed by atoms with Gasteiger partial charge < -0.3 is 0 Å². The fourth-order valence-corrected chi connectivity index (χ4v) is 5.73. The van der Waals surface area contributed by atoms with Crippen LogP contribution in [0.15, 0.2) is 72.8 Å². The lowest BCUT2D eigenvalue weighted by Gasteiger charge is -2.23. The molecule has 0 aliphatic carbocycles. The van der Waals surface area contributed by atoms with Gasteiger partial charge in [0.15, 0.2) is 0 Å². The number of aryl methyl sites for hydroxylation is 2. The van der Waals surface area contributed by atoms with E-state index in [4.69, 9.17) is 11.6 Å². The summed E-state index contributed by atoms with van der Waals surface area (Å²) < 4.78 is 0. The van der Waals surface area contributed by atoms with Crippen molar-refractivity contribution in [3.63, 3.8) is 0 Å². The third-order valence-electron chi connectivity index (χ3n) is 3.71. The zero-order valence-corrected chi connectivity index (χ0v) is 14.4. The van der Waals surface area contributed by atoms with Gasteiger partial charge in [-0.05, 0) is 60.9 Å². The van der Waals surface area contributed by atoms with Crippen molar-refractivity contribution in [1.82, 2.24) is 0 Å². The molecule has 0 saturated carbocycles. The third kappa shape index (κ3) is 3.09. The standard InChI is InChI=1S/C20H18ClP/c1-15-13-17(21)14-16(2)20(15)22(18-9-5-3-6-10-18)19-11-7-4-8-12-19/h3-14H,1-2H3. The lowest BCUT2D eigenvalue weighted by atomic mass is 10.1. The van der Waals surface area contributed by atoms with Crippen LogP contribution in [-0.4, -0.2) is 0 Å². The summed E-state index contributed by atoms with van der Waals surface area (Å²) in [6.07, 6.45) is 0. The molecule has 0 amide bonds. The molecule has 22 heavy (non-hydrogen) atoms. The highest BCUT2D eigenvalue weighted by Gasteiger charge is 2.20. The average Bonchev–Trinajstić information content (AvgIpc) is 2.52. The summed E-state index contributed by atoms with van der Waals surface area (Å²) >= 11 is 6.23. The SMILES string of the molecule is Cc1cc(Cl)cc(C)c1P(c1ccccc1)c1ccccc1. The lowest BCUT2D eigenvalue weighted by molar-refractivity contribution is 1.43. The molecule has 0 N–H and O–H groups in total. The molecule has 3 aromatic rings. The van der Waals surface area contributed by atoms with Gasteiger partial charge in [0.1, 0.15) is 0 Å². The van der Waals surface area contributed by atoms with Gasteiger partial charge in [-0.15, -0.1) is 0 Å². The first kappa shape index (κ1) is 15.3. The Bertz CT molecular complexity index is 704. The van der Waals surface area contributed by atoms with Gasteiger partial charge in [-0.25, -0.2) is 0 Å². The molecule has 3 aromatic carbocycles. The Morgan fingerprint density at radius 2 is 1.09 bits per heavy atom. The minimum Gasteiger partial charge on any atom is -0.0843 e. The van der Waals surface area contributed by atoms with Gasteiger partial charge >= 0.3 is 0 Å². The van der Waals surface area contributed by atoms with Crippen molar-refractivity contribution >= 4 is 35.4 Å². The first-order valence-electron chi connectivity index (χ1n) is 7.34. The molecule has 0 aliphatic rings. The Morgan fingerprint density at radius 1 is 0.682 bits per heavy atom. The van der Waals surface area contributed by atoms with Crippen LogP contribution in [0.4, 0.5) is 0 Å². The largest absolute Gasteiger partial charge is 0.0843 e. The molecule has 0 unspecified atom stereocenters. The molecule has 0 heterocycles. The molecule has 0 aliphatic heterocycles. The molecule has 0 spiro atoms. The first-order valence-corrected chi connectivity index (χ1v) is 9.06. The zero-order valence-electron chi connectivity index (χ0n) is 12.8. The fraction of sp³-hybridized carbons (Fsp3) is 0.100. The zero-order chi connectivity index (χ0) is 15.5. The Hall–Kier alpha value is -1.62. The van der Waals surface area contributed by atoms with Crippen molar-refractivity contribution in [2.75, 3.05) is 0 Å². The van der Waals surface area contributed by atoms with E-state index in [0.29, 0.717) is 0 Å². The highest BCUT2D eigenvalue weighted by Crippen LogP contribution is 2.36. The summed E-state index contributed by atoms with van der Waals surface area (Å²) in [6, 6.07) is 25.7. The second kappa shape index (κ2) is 6.65. The maximum Gasteiger partial charge on any atom is 0.0411 e. The van der Waals surface area contributed by atoms with E-state index in [1.165, 1.54) is 27.0 Å². The Kier molecular flexibility index (Phi) is 4.62. The van der Waals surface area contributed by atoms with E-state index in [-0.39, 0.29) is 0 Å². The Labute approximate surface area is 138 Å². The van der Waals surface area contributed by atoms with Crippen LogP contribution in [0.2, 0.25) is 5.02 Å². The number of hydrogen-bond donors (Lipinski definition) is 0. The predicted octanol–water partition coefficient (Wildman–Crippen LogP) is 4.72. The Balaban J connectivity index is 2.24. The summed E-state index contributed by atoms with van der Waals surface area (Å²) in [7, 11) is -0.559. The molecule has 0 nitrogen and oxygen atoms in total. The van der Waals surface area contributed by atoms with E-state index >= 15 is 0 Å². The summed E-state index contributed by atoms with van der Waals surface area (Å²) in [5.74, 6) is 0. The summed E-state index contributed by atoms with van der Waals surface area (Å²) in [5.41, 5.74) is 2.53. The molecular weight excluding hydrogens is 307 g/mol. The van der Waals surface area contributed by atoms with Gasteiger partial charge in [-0.3, -0.25) is 0 Å². The number of halogens is 1. The summed E-state index contributed by atoms with van der Waals surface area (Å²) in [4.78, 5) is 0. The van der Waals surface area contributed by atoms with E-state index in [1.807, 2.05) is 0 Å².